The van der Waals surface area contributed by atoms with Gasteiger partial charge in [0.25, 0.3) is 0 Å². The van der Waals surface area contributed by atoms with E-state index in [0.29, 0.717) is 22.2 Å². The largest absolute Gasteiger partial charge is 0.573 e. The van der Waals surface area contributed by atoms with E-state index in [2.05, 4.69) is 20.3 Å². The molecule has 0 fully saturated rings. The maximum Gasteiger partial charge on any atom is 0.573 e. The molecule has 0 bridgehead atoms. The predicted molar refractivity (Wildman–Crippen MR) is 88.4 cm³/mol. The molecule has 0 atom stereocenters. The summed E-state index contributed by atoms with van der Waals surface area (Å²) in [6.07, 6.45) is -4.76. The summed E-state index contributed by atoms with van der Waals surface area (Å²) in [6.45, 7) is 0. The zero-order chi connectivity index (χ0) is 19.4. The van der Waals surface area contributed by atoms with Crippen molar-refractivity contribution in [2.24, 2.45) is 0 Å². The van der Waals surface area contributed by atoms with Gasteiger partial charge in [-0.25, -0.2) is 4.39 Å². The van der Waals surface area contributed by atoms with Crippen LogP contribution in [0, 0.1) is 5.82 Å². The van der Waals surface area contributed by atoms with Crippen LogP contribution in [0.5, 0.6) is 11.5 Å². The van der Waals surface area contributed by atoms with E-state index in [-0.39, 0.29) is 11.5 Å². The molecule has 11 heteroatoms. The van der Waals surface area contributed by atoms with Crippen molar-refractivity contribution in [3.05, 3.63) is 53.8 Å². The van der Waals surface area contributed by atoms with E-state index in [1.54, 1.807) is 6.07 Å². The van der Waals surface area contributed by atoms with Crippen LogP contribution in [0.3, 0.4) is 0 Å². The van der Waals surface area contributed by atoms with E-state index < -0.39 is 12.2 Å². The molecular weight excluding hydrogens is 388 g/mol. The molecular formula is C16H12F4N4O2S. The zero-order valence-electron chi connectivity index (χ0n) is 13.8. The Balaban J connectivity index is 1.71. The monoisotopic (exact) mass is 400 g/mol. The molecule has 3 rings (SSSR count). The van der Waals surface area contributed by atoms with Gasteiger partial charge in [0.05, 0.1) is 12.8 Å². The maximum absolute atomic E-state index is 13.7. The van der Waals surface area contributed by atoms with E-state index in [1.165, 1.54) is 47.8 Å². The van der Waals surface area contributed by atoms with Gasteiger partial charge in [-0.2, -0.15) is 4.68 Å². The van der Waals surface area contributed by atoms with E-state index in [4.69, 9.17) is 4.74 Å². The number of nitrogens with zero attached hydrogens (tertiary/aromatic N) is 4. The third-order valence-corrected chi connectivity index (χ3v) is 4.33. The van der Waals surface area contributed by atoms with Crippen molar-refractivity contribution >= 4 is 11.8 Å². The van der Waals surface area contributed by atoms with Crippen molar-refractivity contribution in [1.82, 2.24) is 20.2 Å². The minimum atomic E-state index is -4.76. The summed E-state index contributed by atoms with van der Waals surface area (Å²) in [5.41, 5.74) is 1.15. The Labute approximate surface area is 155 Å². The summed E-state index contributed by atoms with van der Waals surface area (Å²) in [5.74, 6) is -0.288. The van der Waals surface area contributed by atoms with E-state index >= 15 is 0 Å². The molecule has 0 amide bonds. The highest BCUT2D eigenvalue weighted by atomic mass is 32.2. The molecule has 0 aliphatic carbocycles. The highest BCUT2D eigenvalue weighted by Gasteiger charge is 2.31. The molecule has 2 aromatic carbocycles. The van der Waals surface area contributed by atoms with Crippen LogP contribution in [0.2, 0.25) is 0 Å². The van der Waals surface area contributed by atoms with E-state index in [9.17, 15) is 17.6 Å². The average Bonchev–Trinajstić information content (AvgIpc) is 3.08. The first-order chi connectivity index (χ1) is 12.9. The summed E-state index contributed by atoms with van der Waals surface area (Å²) in [5, 5.41) is 11.7. The van der Waals surface area contributed by atoms with E-state index in [0.717, 1.165) is 12.1 Å². The summed E-state index contributed by atoms with van der Waals surface area (Å²) < 4.78 is 60.5. The molecule has 27 heavy (non-hydrogen) atoms. The molecule has 1 heterocycles. The van der Waals surface area contributed by atoms with Gasteiger partial charge < -0.3 is 9.47 Å². The number of rotatable bonds is 6. The minimum Gasteiger partial charge on any atom is -0.494 e. The summed E-state index contributed by atoms with van der Waals surface area (Å²) in [7, 11) is 1.38. The minimum absolute atomic E-state index is 0.148. The van der Waals surface area contributed by atoms with Gasteiger partial charge in [0.15, 0.2) is 11.6 Å². The summed E-state index contributed by atoms with van der Waals surface area (Å²) >= 11 is 1.25. The predicted octanol–water partition coefficient (Wildman–Crippen LogP) is 4.00. The second-order valence-electron chi connectivity index (χ2n) is 5.17. The van der Waals surface area contributed by atoms with Crippen LogP contribution >= 0.6 is 11.8 Å². The van der Waals surface area contributed by atoms with Crippen molar-refractivity contribution in [3.63, 3.8) is 0 Å². The van der Waals surface area contributed by atoms with Crippen LogP contribution in [-0.2, 0) is 5.75 Å². The lowest BCUT2D eigenvalue weighted by atomic mass is 10.2. The smallest absolute Gasteiger partial charge is 0.494 e. The van der Waals surface area contributed by atoms with Crippen LogP contribution in [0.15, 0.2) is 47.6 Å². The Morgan fingerprint density at radius 2 is 1.85 bits per heavy atom. The maximum atomic E-state index is 13.7. The molecule has 0 saturated heterocycles. The topological polar surface area (TPSA) is 62.1 Å². The van der Waals surface area contributed by atoms with Gasteiger partial charge in [-0.15, -0.1) is 18.3 Å². The summed E-state index contributed by atoms with van der Waals surface area (Å²) in [6, 6.07) is 9.71. The van der Waals surface area contributed by atoms with Crippen molar-refractivity contribution in [2.75, 3.05) is 7.11 Å². The van der Waals surface area contributed by atoms with E-state index in [1.807, 2.05) is 0 Å². The van der Waals surface area contributed by atoms with Gasteiger partial charge in [0.1, 0.15) is 5.75 Å². The molecule has 142 valence electrons. The Kier molecular flexibility index (Phi) is 5.49. The lowest BCUT2D eigenvalue weighted by molar-refractivity contribution is -0.274. The fraction of sp³-hybridized carbons (Fsp3) is 0.188. The number of alkyl halides is 3. The zero-order valence-corrected chi connectivity index (χ0v) is 14.6. The number of ether oxygens (including phenoxy) is 2. The number of thioether (sulfide) groups is 1. The SMILES string of the molecule is COc1ccc(CSc2nnnn2-c2ccc(OC(F)(F)F)cc2)cc1F. The Bertz CT molecular complexity index is 916. The fourth-order valence-electron chi connectivity index (χ4n) is 2.17. The molecule has 3 aromatic rings. The van der Waals surface area contributed by atoms with Gasteiger partial charge in [-0.1, -0.05) is 17.8 Å². The molecule has 0 spiro atoms. The molecule has 0 aliphatic rings. The third-order valence-electron chi connectivity index (χ3n) is 3.34. The number of tetrazole rings is 1. The highest BCUT2D eigenvalue weighted by Crippen LogP contribution is 2.27. The van der Waals surface area contributed by atoms with Gasteiger partial charge in [0, 0.05) is 5.75 Å². The highest BCUT2D eigenvalue weighted by molar-refractivity contribution is 7.98. The number of aromatic nitrogens is 4. The van der Waals surface area contributed by atoms with Crippen LogP contribution in [0.25, 0.3) is 5.69 Å². The molecule has 0 unspecified atom stereocenters. The molecule has 0 N–H and O–H groups in total. The van der Waals surface area contributed by atoms with Gasteiger partial charge in [-0.05, 0) is 52.4 Å². The number of benzene rings is 2. The third kappa shape index (κ3) is 4.88. The van der Waals surface area contributed by atoms with Gasteiger partial charge in [-0.3, -0.25) is 0 Å². The Morgan fingerprint density at radius 1 is 1.11 bits per heavy atom. The Morgan fingerprint density at radius 3 is 2.48 bits per heavy atom. The summed E-state index contributed by atoms with van der Waals surface area (Å²) in [4.78, 5) is 0. The average molecular weight is 400 g/mol. The Hall–Kier alpha value is -2.82. The second-order valence-corrected chi connectivity index (χ2v) is 6.12. The number of halogens is 4. The van der Waals surface area contributed by atoms with Crippen molar-refractivity contribution < 1.29 is 27.0 Å². The quantitative estimate of drug-likeness (QED) is 0.460. The van der Waals surface area contributed by atoms with Gasteiger partial charge >= 0.3 is 6.36 Å². The van der Waals surface area contributed by atoms with Crippen LogP contribution in [0.4, 0.5) is 17.6 Å². The normalized spacial score (nSPS) is 11.4. The number of hydrogen-bond acceptors (Lipinski definition) is 6. The second kappa shape index (κ2) is 7.82. The van der Waals surface area contributed by atoms with Crippen LogP contribution in [0.1, 0.15) is 5.56 Å². The first-order valence-electron chi connectivity index (χ1n) is 7.45. The van der Waals surface area contributed by atoms with Gasteiger partial charge in [0.2, 0.25) is 5.16 Å². The van der Waals surface area contributed by atoms with Crippen molar-refractivity contribution in [2.45, 2.75) is 17.3 Å². The first-order valence-corrected chi connectivity index (χ1v) is 8.44. The molecule has 6 nitrogen and oxygen atoms in total. The molecule has 0 aliphatic heterocycles. The number of methoxy groups -OCH3 is 1. The molecule has 0 radical (unpaired) electrons. The first kappa shape index (κ1) is 19.0. The van der Waals surface area contributed by atoms with Crippen LogP contribution in [-0.4, -0.2) is 33.7 Å². The standard InChI is InChI=1S/C16H12F4N4O2S/c1-25-14-7-2-10(8-13(14)17)9-27-15-21-22-23-24(15)11-3-5-12(6-4-11)26-16(18,19)20/h2-8H,9H2,1H3. The van der Waals surface area contributed by atoms with Crippen molar-refractivity contribution in [3.8, 4) is 17.2 Å². The van der Waals surface area contributed by atoms with Crippen LogP contribution < -0.4 is 9.47 Å². The molecule has 0 saturated carbocycles. The lowest BCUT2D eigenvalue weighted by Crippen LogP contribution is -2.17. The molecule has 1 aromatic heterocycles. The lowest BCUT2D eigenvalue weighted by Gasteiger charge is -2.09. The fourth-order valence-corrected chi connectivity index (χ4v) is 3.00. The number of hydrogen-bond donors (Lipinski definition) is 0. The van der Waals surface area contributed by atoms with Crippen molar-refractivity contribution in [1.29, 1.82) is 0 Å².